The number of benzene rings is 2. The summed E-state index contributed by atoms with van der Waals surface area (Å²) in [6.07, 6.45) is 4.75. The van der Waals surface area contributed by atoms with E-state index < -0.39 is 0 Å². The minimum atomic E-state index is 0.0537. The molecule has 0 saturated heterocycles. The second-order valence-corrected chi connectivity index (χ2v) is 7.46. The van der Waals surface area contributed by atoms with Gasteiger partial charge in [-0.2, -0.15) is 0 Å². The van der Waals surface area contributed by atoms with E-state index in [1.807, 2.05) is 29.2 Å². The highest BCUT2D eigenvalue weighted by Crippen LogP contribution is 2.25. The van der Waals surface area contributed by atoms with Crippen LogP contribution in [0.15, 0.2) is 36.4 Å². The van der Waals surface area contributed by atoms with Crippen molar-refractivity contribution in [3.05, 3.63) is 64.2 Å². The fraction of sp³-hybridized carbons (Fsp3) is 0.391. The molecule has 0 saturated carbocycles. The summed E-state index contributed by atoms with van der Waals surface area (Å²) < 4.78 is 5.29. The molecule has 4 rings (SSSR count). The van der Waals surface area contributed by atoms with E-state index in [4.69, 9.17) is 4.74 Å². The van der Waals surface area contributed by atoms with E-state index in [0.29, 0.717) is 13.1 Å². The van der Waals surface area contributed by atoms with Gasteiger partial charge in [0.15, 0.2) is 5.78 Å². The molecule has 4 nitrogen and oxygen atoms in total. The molecule has 1 aliphatic heterocycles. The molecular formula is C23H25NO3. The van der Waals surface area contributed by atoms with Gasteiger partial charge in [-0.15, -0.1) is 0 Å². The first-order chi connectivity index (χ1) is 13.1. The Morgan fingerprint density at radius 3 is 2.56 bits per heavy atom. The van der Waals surface area contributed by atoms with Crippen LogP contribution in [-0.2, 0) is 30.6 Å². The molecule has 1 heterocycles. The number of Topliss-reactive ketones (excluding diaryl/α,β-unsaturated/α-hetero) is 1. The maximum absolute atomic E-state index is 12.6. The number of rotatable bonds is 5. The summed E-state index contributed by atoms with van der Waals surface area (Å²) >= 11 is 0. The summed E-state index contributed by atoms with van der Waals surface area (Å²) in [7, 11) is 1.65. The molecule has 0 N–H and O–H groups in total. The van der Waals surface area contributed by atoms with Crippen LogP contribution in [0.4, 0.5) is 0 Å². The molecule has 0 bridgehead atoms. The van der Waals surface area contributed by atoms with Crippen molar-refractivity contribution < 1.29 is 14.3 Å². The molecule has 2 aliphatic rings. The molecule has 27 heavy (non-hydrogen) atoms. The van der Waals surface area contributed by atoms with Gasteiger partial charge in [-0.05, 0) is 66.1 Å². The van der Waals surface area contributed by atoms with E-state index in [-0.39, 0.29) is 24.5 Å². The van der Waals surface area contributed by atoms with Crippen LogP contribution in [0.3, 0.4) is 0 Å². The number of carbonyl (C=O) groups is 2. The van der Waals surface area contributed by atoms with Crippen LogP contribution in [0.1, 0.15) is 51.9 Å². The number of hydrogen-bond acceptors (Lipinski definition) is 3. The molecule has 0 fully saturated rings. The smallest absolute Gasteiger partial charge is 0.223 e. The molecule has 0 spiro atoms. The van der Waals surface area contributed by atoms with Crippen molar-refractivity contribution in [2.24, 2.45) is 0 Å². The van der Waals surface area contributed by atoms with E-state index in [2.05, 4.69) is 12.1 Å². The molecule has 4 heteroatoms. The number of ketones is 1. The number of carbonyl (C=O) groups excluding carboxylic acids is 2. The third-order valence-electron chi connectivity index (χ3n) is 5.76. The lowest BCUT2D eigenvalue weighted by atomic mass is 9.98. The average molecular weight is 363 g/mol. The Balaban J connectivity index is 1.36. The Labute approximate surface area is 160 Å². The summed E-state index contributed by atoms with van der Waals surface area (Å²) in [5.74, 6) is 0.935. The first-order valence-corrected chi connectivity index (χ1v) is 9.72. The summed E-state index contributed by atoms with van der Waals surface area (Å²) in [5, 5.41) is 0. The molecule has 140 valence electrons. The first-order valence-electron chi connectivity index (χ1n) is 9.72. The number of amides is 1. The molecule has 0 aromatic heterocycles. The van der Waals surface area contributed by atoms with Crippen LogP contribution in [0.25, 0.3) is 0 Å². The monoisotopic (exact) mass is 363 g/mol. The summed E-state index contributed by atoms with van der Waals surface area (Å²) in [4.78, 5) is 27.0. The van der Waals surface area contributed by atoms with E-state index in [1.54, 1.807) is 7.11 Å². The Morgan fingerprint density at radius 2 is 1.70 bits per heavy atom. The standard InChI is InChI=1S/C23H25NO3/c1-27-21-8-7-17-11-12-24(15-20(17)14-21)23(26)10-9-22(25)19-6-5-16-3-2-4-18(16)13-19/h5-8,13-14H,2-4,9-12,15H2,1H3. The largest absolute Gasteiger partial charge is 0.497 e. The average Bonchev–Trinajstić information content (AvgIpc) is 3.18. The molecule has 0 radical (unpaired) electrons. The second kappa shape index (κ2) is 7.55. The third-order valence-corrected chi connectivity index (χ3v) is 5.76. The summed E-state index contributed by atoms with van der Waals surface area (Å²) in [6.45, 7) is 1.31. The van der Waals surface area contributed by atoms with E-state index in [0.717, 1.165) is 36.1 Å². The SMILES string of the molecule is COc1ccc2c(c1)CN(C(=O)CCC(=O)c1ccc3c(c1)CCC3)CC2. The van der Waals surface area contributed by atoms with Crippen molar-refractivity contribution in [2.75, 3.05) is 13.7 Å². The molecule has 0 atom stereocenters. The van der Waals surface area contributed by atoms with Gasteiger partial charge in [0.25, 0.3) is 0 Å². The fourth-order valence-corrected chi connectivity index (χ4v) is 4.14. The van der Waals surface area contributed by atoms with E-state index in [9.17, 15) is 9.59 Å². The van der Waals surface area contributed by atoms with Gasteiger partial charge in [0.05, 0.1) is 7.11 Å². The minimum Gasteiger partial charge on any atom is -0.497 e. The second-order valence-electron chi connectivity index (χ2n) is 7.46. The summed E-state index contributed by atoms with van der Waals surface area (Å²) in [6, 6.07) is 12.1. The van der Waals surface area contributed by atoms with Crippen molar-refractivity contribution >= 4 is 11.7 Å². The summed E-state index contributed by atoms with van der Waals surface area (Å²) in [5.41, 5.74) is 5.82. The zero-order chi connectivity index (χ0) is 18.8. The zero-order valence-corrected chi connectivity index (χ0v) is 15.8. The molecule has 1 aliphatic carbocycles. The van der Waals surface area contributed by atoms with Crippen molar-refractivity contribution in [2.45, 2.75) is 45.1 Å². The van der Waals surface area contributed by atoms with Gasteiger partial charge >= 0.3 is 0 Å². The minimum absolute atomic E-state index is 0.0537. The van der Waals surface area contributed by atoms with Crippen molar-refractivity contribution in [1.82, 2.24) is 4.90 Å². The number of nitrogens with zero attached hydrogens (tertiary/aromatic N) is 1. The van der Waals surface area contributed by atoms with Crippen molar-refractivity contribution in [3.8, 4) is 5.75 Å². The predicted octanol–water partition coefficient (Wildman–Crippen LogP) is 3.73. The van der Waals surface area contributed by atoms with Crippen molar-refractivity contribution in [1.29, 1.82) is 0 Å². The van der Waals surface area contributed by atoms with Gasteiger partial charge in [-0.25, -0.2) is 0 Å². The van der Waals surface area contributed by atoms with Gasteiger partial charge in [0, 0.05) is 31.5 Å². The third kappa shape index (κ3) is 3.75. The maximum Gasteiger partial charge on any atom is 0.223 e. The molecule has 2 aromatic rings. The lowest BCUT2D eigenvalue weighted by molar-refractivity contribution is -0.132. The topological polar surface area (TPSA) is 46.6 Å². The normalized spacial score (nSPS) is 15.2. The molecular weight excluding hydrogens is 338 g/mol. The molecule has 0 unspecified atom stereocenters. The van der Waals surface area contributed by atoms with Gasteiger partial charge in [-0.3, -0.25) is 9.59 Å². The van der Waals surface area contributed by atoms with Gasteiger partial charge < -0.3 is 9.64 Å². The Bertz CT molecular complexity index is 887. The highest BCUT2D eigenvalue weighted by Gasteiger charge is 2.22. The molecule has 2 aromatic carbocycles. The number of fused-ring (bicyclic) bond motifs is 2. The number of aryl methyl sites for hydroxylation is 2. The Hall–Kier alpha value is -2.62. The van der Waals surface area contributed by atoms with E-state index >= 15 is 0 Å². The van der Waals surface area contributed by atoms with Gasteiger partial charge in [0.1, 0.15) is 5.75 Å². The van der Waals surface area contributed by atoms with E-state index in [1.165, 1.54) is 23.1 Å². The van der Waals surface area contributed by atoms with Crippen LogP contribution >= 0.6 is 0 Å². The van der Waals surface area contributed by atoms with Crippen LogP contribution in [0.2, 0.25) is 0 Å². The maximum atomic E-state index is 12.6. The Kier molecular flexibility index (Phi) is 4.97. The quantitative estimate of drug-likeness (QED) is 0.761. The van der Waals surface area contributed by atoms with Crippen LogP contribution in [0, 0.1) is 0 Å². The Morgan fingerprint density at radius 1 is 0.926 bits per heavy atom. The number of hydrogen-bond donors (Lipinski definition) is 0. The lowest BCUT2D eigenvalue weighted by Crippen LogP contribution is -2.36. The zero-order valence-electron chi connectivity index (χ0n) is 15.8. The van der Waals surface area contributed by atoms with Crippen LogP contribution in [0.5, 0.6) is 5.75 Å². The lowest BCUT2D eigenvalue weighted by Gasteiger charge is -2.29. The highest BCUT2D eigenvalue weighted by molar-refractivity contribution is 5.98. The number of methoxy groups -OCH3 is 1. The van der Waals surface area contributed by atoms with Crippen molar-refractivity contribution in [3.63, 3.8) is 0 Å². The fourth-order valence-electron chi connectivity index (χ4n) is 4.14. The van der Waals surface area contributed by atoms with Crippen LogP contribution < -0.4 is 4.74 Å². The number of ether oxygens (including phenoxy) is 1. The highest BCUT2D eigenvalue weighted by atomic mass is 16.5. The van der Waals surface area contributed by atoms with Crippen LogP contribution in [-0.4, -0.2) is 30.2 Å². The van der Waals surface area contributed by atoms with Gasteiger partial charge in [0.2, 0.25) is 5.91 Å². The predicted molar refractivity (Wildman–Crippen MR) is 104 cm³/mol. The van der Waals surface area contributed by atoms with Gasteiger partial charge in [-0.1, -0.05) is 18.2 Å². The molecule has 1 amide bonds. The first kappa shape index (κ1) is 17.8.